The predicted octanol–water partition coefficient (Wildman–Crippen LogP) is 0.436. The molecule has 6 heteroatoms. The average molecular weight is 313 g/mol. The minimum Gasteiger partial charge on any atom is -0.355 e. The molecule has 2 N–H and O–H groups in total. The SMILES string of the molecule is O=C(Cc1ccc(-n2cccn2)cc1)NCCN1CCNCC1. The predicted molar refractivity (Wildman–Crippen MR) is 89.6 cm³/mol. The van der Waals surface area contributed by atoms with E-state index >= 15 is 0 Å². The number of carbonyl (C=O) groups excluding carboxylic acids is 1. The molecule has 3 rings (SSSR count). The monoisotopic (exact) mass is 313 g/mol. The lowest BCUT2D eigenvalue weighted by Crippen LogP contribution is -2.46. The second-order valence-electron chi connectivity index (χ2n) is 5.74. The van der Waals surface area contributed by atoms with Crippen LogP contribution >= 0.6 is 0 Å². The fourth-order valence-corrected chi connectivity index (χ4v) is 2.72. The number of aromatic nitrogens is 2. The summed E-state index contributed by atoms with van der Waals surface area (Å²) in [6, 6.07) is 9.81. The minimum atomic E-state index is 0.0759. The summed E-state index contributed by atoms with van der Waals surface area (Å²) >= 11 is 0. The van der Waals surface area contributed by atoms with E-state index in [9.17, 15) is 4.79 Å². The Morgan fingerprint density at radius 3 is 2.70 bits per heavy atom. The molecule has 2 heterocycles. The summed E-state index contributed by atoms with van der Waals surface area (Å²) < 4.78 is 1.80. The van der Waals surface area contributed by atoms with Gasteiger partial charge < -0.3 is 10.6 Å². The summed E-state index contributed by atoms with van der Waals surface area (Å²) in [5.41, 5.74) is 2.01. The molecule has 0 spiro atoms. The van der Waals surface area contributed by atoms with E-state index in [-0.39, 0.29) is 5.91 Å². The molecule has 0 atom stereocenters. The zero-order valence-corrected chi connectivity index (χ0v) is 13.2. The highest BCUT2D eigenvalue weighted by Gasteiger charge is 2.09. The van der Waals surface area contributed by atoms with Crippen LogP contribution in [0.5, 0.6) is 0 Å². The van der Waals surface area contributed by atoms with Crippen LogP contribution in [-0.4, -0.2) is 59.9 Å². The fourth-order valence-electron chi connectivity index (χ4n) is 2.72. The van der Waals surface area contributed by atoms with E-state index in [0.717, 1.165) is 44.0 Å². The van der Waals surface area contributed by atoms with Gasteiger partial charge in [-0.15, -0.1) is 0 Å². The second-order valence-corrected chi connectivity index (χ2v) is 5.74. The van der Waals surface area contributed by atoms with Crippen LogP contribution in [0, 0.1) is 0 Å². The van der Waals surface area contributed by atoms with Crippen molar-refractivity contribution >= 4 is 5.91 Å². The summed E-state index contributed by atoms with van der Waals surface area (Å²) in [6.45, 7) is 5.83. The van der Waals surface area contributed by atoms with Crippen LogP contribution < -0.4 is 10.6 Å². The van der Waals surface area contributed by atoms with Gasteiger partial charge in [0.05, 0.1) is 12.1 Å². The van der Waals surface area contributed by atoms with E-state index in [1.165, 1.54) is 0 Å². The molecule has 0 aliphatic carbocycles. The highest BCUT2D eigenvalue weighted by molar-refractivity contribution is 5.78. The first-order valence-electron chi connectivity index (χ1n) is 8.10. The Kier molecular flexibility index (Phi) is 5.39. The van der Waals surface area contributed by atoms with Crippen molar-refractivity contribution in [2.24, 2.45) is 0 Å². The van der Waals surface area contributed by atoms with Gasteiger partial charge in [0, 0.05) is 51.7 Å². The van der Waals surface area contributed by atoms with Crippen LogP contribution in [-0.2, 0) is 11.2 Å². The number of hydrogen-bond donors (Lipinski definition) is 2. The Bertz CT molecular complexity index is 602. The van der Waals surface area contributed by atoms with Gasteiger partial charge in [-0.05, 0) is 23.8 Å². The highest BCUT2D eigenvalue weighted by atomic mass is 16.1. The van der Waals surface area contributed by atoms with Crippen molar-refractivity contribution in [3.05, 3.63) is 48.3 Å². The van der Waals surface area contributed by atoms with Gasteiger partial charge in [-0.1, -0.05) is 12.1 Å². The molecule has 1 aromatic carbocycles. The molecule has 0 radical (unpaired) electrons. The molecule has 0 saturated carbocycles. The largest absolute Gasteiger partial charge is 0.355 e. The van der Waals surface area contributed by atoms with E-state index in [4.69, 9.17) is 0 Å². The molecule has 1 saturated heterocycles. The van der Waals surface area contributed by atoms with Crippen molar-refractivity contribution in [1.82, 2.24) is 25.3 Å². The van der Waals surface area contributed by atoms with Gasteiger partial charge in [-0.2, -0.15) is 5.10 Å². The average Bonchev–Trinajstić information content (AvgIpc) is 3.11. The number of piperazine rings is 1. The van der Waals surface area contributed by atoms with E-state index in [1.807, 2.05) is 36.5 Å². The zero-order valence-electron chi connectivity index (χ0n) is 13.2. The van der Waals surface area contributed by atoms with Crippen LogP contribution in [0.3, 0.4) is 0 Å². The third-order valence-electron chi connectivity index (χ3n) is 4.03. The van der Waals surface area contributed by atoms with Gasteiger partial charge in [0.25, 0.3) is 0 Å². The number of nitrogens with zero attached hydrogens (tertiary/aromatic N) is 3. The third kappa shape index (κ3) is 4.64. The molecule has 2 aromatic rings. The molecule has 1 aliphatic rings. The van der Waals surface area contributed by atoms with Crippen molar-refractivity contribution in [3.63, 3.8) is 0 Å². The molecule has 1 aromatic heterocycles. The van der Waals surface area contributed by atoms with E-state index in [1.54, 1.807) is 10.9 Å². The molecule has 1 amide bonds. The second kappa shape index (κ2) is 7.89. The molecule has 0 bridgehead atoms. The number of amides is 1. The molecule has 23 heavy (non-hydrogen) atoms. The zero-order chi connectivity index (χ0) is 15.9. The Morgan fingerprint density at radius 2 is 2.00 bits per heavy atom. The third-order valence-corrected chi connectivity index (χ3v) is 4.03. The molecule has 0 unspecified atom stereocenters. The number of benzene rings is 1. The number of carbonyl (C=O) groups is 1. The Balaban J connectivity index is 1.42. The molecule has 6 nitrogen and oxygen atoms in total. The summed E-state index contributed by atoms with van der Waals surface area (Å²) in [7, 11) is 0. The van der Waals surface area contributed by atoms with Crippen molar-refractivity contribution in [3.8, 4) is 5.69 Å². The first-order valence-corrected chi connectivity index (χ1v) is 8.10. The van der Waals surface area contributed by atoms with E-state index in [0.29, 0.717) is 13.0 Å². The molecule has 122 valence electrons. The van der Waals surface area contributed by atoms with Crippen molar-refractivity contribution < 1.29 is 4.79 Å². The lowest BCUT2D eigenvalue weighted by atomic mass is 10.1. The molecule has 1 fully saturated rings. The first kappa shape index (κ1) is 15.7. The Hall–Kier alpha value is -2.18. The van der Waals surface area contributed by atoms with E-state index < -0.39 is 0 Å². The molecule has 1 aliphatic heterocycles. The highest BCUT2D eigenvalue weighted by Crippen LogP contribution is 2.09. The molecular formula is C17H23N5O. The lowest BCUT2D eigenvalue weighted by Gasteiger charge is -2.27. The van der Waals surface area contributed by atoms with Gasteiger partial charge in [0.1, 0.15) is 0 Å². The Labute approximate surface area is 136 Å². The summed E-state index contributed by atoms with van der Waals surface area (Å²) in [5, 5.41) is 10.5. The summed E-state index contributed by atoms with van der Waals surface area (Å²) in [6.07, 6.45) is 4.07. The van der Waals surface area contributed by atoms with Crippen molar-refractivity contribution in [1.29, 1.82) is 0 Å². The van der Waals surface area contributed by atoms with Gasteiger partial charge in [0.15, 0.2) is 0 Å². The first-order chi connectivity index (χ1) is 11.3. The smallest absolute Gasteiger partial charge is 0.224 e. The maximum Gasteiger partial charge on any atom is 0.224 e. The van der Waals surface area contributed by atoms with Crippen LogP contribution in [0.2, 0.25) is 0 Å². The maximum atomic E-state index is 12.0. The molecular weight excluding hydrogens is 290 g/mol. The van der Waals surface area contributed by atoms with Crippen LogP contribution in [0.4, 0.5) is 0 Å². The van der Waals surface area contributed by atoms with Crippen LogP contribution in [0.25, 0.3) is 5.69 Å². The standard InChI is InChI=1S/C17H23N5O/c23-17(19-9-13-21-11-7-18-8-12-21)14-15-2-4-16(5-3-15)22-10-1-6-20-22/h1-6,10,18H,7-9,11-14H2,(H,19,23). The fraction of sp³-hybridized carbons (Fsp3) is 0.412. The van der Waals surface area contributed by atoms with Gasteiger partial charge in [0.2, 0.25) is 5.91 Å². The lowest BCUT2D eigenvalue weighted by molar-refractivity contribution is -0.120. The number of hydrogen-bond acceptors (Lipinski definition) is 4. The van der Waals surface area contributed by atoms with Crippen molar-refractivity contribution in [2.45, 2.75) is 6.42 Å². The maximum absolute atomic E-state index is 12.0. The van der Waals surface area contributed by atoms with E-state index in [2.05, 4.69) is 20.6 Å². The van der Waals surface area contributed by atoms with Gasteiger partial charge in [-0.25, -0.2) is 4.68 Å². The summed E-state index contributed by atoms with van der Waals surface area (Å²) in [5.74, 6) is 0.0759. The quantitative estimate of drug-likeness (QED) is 0.812. The Morgan fingerprint density at radius 1 is 1.22 bits per heavy atom. The topological polar surface area (TPSA) is 62.2 Å². The number of rotatable bonds is 6. The van der Waals surface area contributed by atoms with Crippen molar-refractivity contribution in [2.75, 3.05) is 39.3 Å². The van der Waals surface area contributed by atoms with Crippen LogP contribution in [0.1, 0.15) is 5.56 Å². The minimum absolute atomic E-state index is 0.0759. The number of nitrogens with one attached hydrogen (secondary N) is 2. The summed E-state index contributed by atoms with van der Waals surface area (Å²) in [4.78, 5) is 14.4. The van der Waals surface area contributed by atoms with Gasteiger partial charge >= 0.3 is 0 Å². The van der Waals surface area contributed by atoms with Crippen LogP contribution in [0.15, 0.2) is 42.7 Å². The normalized spacial score (nSPS) is 15.5. The van der Waals surface area contributed by atoms with Gasteiger partial charge in [-0.3, -0.25) is 9.69 Å².